The second-order valence-electron chi connectivity index (χ2n) is 7.12. The Hall–Kier alpha value is -0.823. The Kier molecular flexibility index (Phi) is 7.64. The second-order valence-corrected chi connectivity index (χ2v) is 14.0. The highest BCUT2D eigenvalue weighted by Gasteiger charge is 2.96. The minimum absolute atomic E-state index is 0.497. The van der Waals surface area contributed by atoms with Crippen LogP contribution in [0.2, 0.25) is 19.1 Å². The molecule has 0 saturated heterocycles. The SMILES string of the molecule is C[Si](C)(Cl)CC(F)(F)C(F)(F)C(F)(F)C(F)(F)C(F)(F)C(F)(F)C(F)(F)C(F)(F)C(F)(F)F. The van der Waals surface area contributed by atoms with Crippen LogP contribution in [0.4, 0.5) is 83.4 Å². The molecule has 0 N–H and O–H groups in total. The molecular formula is C12H8ClF19Si. The van der Waals surface area contributed by atoms with Gasteiger partial charge in [-0.25, -0.2) is 0 Å². The third-order valence-corrected chi connectivity index (χ3v) is 5.51. The average molecular weight is 577 g/mol. The molecule has 21 heteroatoms. The van der Waals surface area contributed by atoms with Crippen LogP contribution in [0.15, 0.2) is 0 Å². The van der Waals surface area contributed by atoms with Gasteiger partial charge >= 0.3 is 53.6 Å². The molecule has 0 atom stereocenters. The molecule has 0 aromatic carbocycles. The minimum Gasteiger partial charge on any atom is -0.200 e. The molecule has 33 heavy (non-hydrogen) atoms. The van der Waals surface area contributed by atoms with Crippen molar-refractivity contribution in [2.24, 2.45) is 0 Å². The van der Waals surface area contributed by atoms with Crippen molar-refractivity contribution >= 4 is 18.5 Å². The van der Waals surface area contributed by atoms with E-state index in [-0.39, 0.29) is 0 Å². The maximum atomic E-state index is 13.5. The summed E-state index contributed by atoms with van der Waals surface area (Å²) < 4.78 is 248. The first-order valence-corrected chi connectivity index (χ1v) is 11.7. The van der Waals surface area contributed by atoms with E-state index in [1.807, 2.05) is 0 Å². The topological polar surface area (TPSA) is 0 Å². The molecule has 0 radical (unpaired) electrons. The fourth-order valence-electron chi connectivity index (χ4n) is 2.03. The van der Waals surface area contributed by atoms with Crippen LogP contribution < -0.4 is 0 Å². The Labute approximate surface area is 175 Å². The minimum atomic E-state index is -8.89. The zero-order valence-electron chi connectivity index (χ0n) is 15.3. The first-order chi connectivity index (χ1) is 13.7. The summed E-state index contributed by atoms with van der Waals surface area (Å²) in [7, 11) is -4.21. The normalized spacial score (nSPS) is 16.9. The van der Waals surface area contributed by atoms with Crippen LogP contribution in [0.5, 0.6) is 0 Å². The van der Waals surface area contributed by atoms with E-state index in [4.69, 9.17) is 11.1 Å². The number of hydrogen-bond acceptors (Lipinski definition) is 0. The van der Waals surface area contributed by atoms with E-state index in [1.165, 1.54) is 0 Å². The fraction of sp³-hybridized carbons (Fsp3) is 1.00. The monoisotopic (exact) mass is 576 g/mol. The van der Waals surface area contributed by atoms with E-state index >= 15 is 0 Å². The van der Waals surface area contributed by atoms with E-state index in [2.05, 4.69) is 0 Å². The van der Waals surface area contributed by atoms with Gasteiger partial charge in [-0.05, 0) is 0 Å². The molecule has 0 fully saturated rings. The van der Waals surface area contributed by atoms with Gasteiger partial charge in [0.05, 0.1) is 0 Å². The Morgan fingerprint density at radius 3 is 0.848 bits per heavy atom. The van der Waals surface area contributed by atoms with Gasteiger partial charge in [0.15, 0.2) is 7.38 Å². The summed E-state index contributed by atoms with van der Waals surface area (Å²) >= 11 is 5.14. The van der Waals surface area contributed by atoms with Gasteiger partial charge in [0, 0.05) is 6.04 Å². The van der Waals surface area contributed by atoms with Gasteiger partial charge in [0.2, 0.25) is 0 Å². The molecule has 0 aliphatic heterocycles. The molecule has 0 nitrogen and oxygen atoms in total. The predicted octanol–water partition coefficient (Wildman–Crippen LogP) is 8.08. The summed E-state index contributed by atoms with van der Waals surface area (Å²) in [5.74, 6) is -66.3. The molecule has 0 saturated carbocycles. The van der Waals surface area contributed by atoms with Crippen LogP contribution in [0.1, 0.15) is 0 Å². The molecular weight excluding hydrogens is 569 g/mol. The summed E-state index contributed by atoms with van der Waals surface area (Å²) in [6.45, 7) is 0.995. The second kappa shape index (κ2) is 7.84. The summed E-state index contributed by atoms with van der Waals surface area (Å²) in [5.41, 5.74) is 0. The van der Waals surface area contributed by atoms with Crippen molar-refractivity contribution in [2.75, 3.05) is 0 Å². The Morgan fingerprint density at radius 2 is 0.636 bits per heavy atom. The van der Waals surface area contributed by atoms with Gasteiger partial charge < -0.3 is 0 Å². The third-order valence-electron chi connectivity index (χ3n) is 3.82. The smallest absolute Gasteiger partial charge is 0.200 e. The van der Waals surface area contributed by atoms with Crippen molar-refractivity contribution in [3.05, 3.63) is 0 Å². The van der Waals surface area contributed by atoms with Gasteiger partial charge in [0.1, 0.15) is 0 Å². The van der Waals surface area contributed by atoms with Crippen LogP contribution in [0.3, 0.4) is 0 Å². The van der Waals surface area contributed by atoms with Crippen molar-refractivity contribution in [2.45, 2.75) is 72.7 Å². The molecule has 200 valence electrons. The Balaban J connectivity index is 6.89. The zero-order valence-corrected chi connectivity index (χ0v) is 17.0. The van der Waals surface area contributed by atoms with Crippen molar-refractivity contribution in [3.8, 4) is 0 Å². The molecule has 0 unspecified atom stereocenters. The summed E-state index contributed by atoms with van der Waals surface area (Å²) in [6.07, 6.45) is -7.89. The number of alkyl halides is 19. The molecule has 0 aliphatic rings. The Bertz CT molecular complexity index is 715. The summed E-state index contributed by atoms with van der Waals surface area (Å²) in [4.78, 5) is 0. The van der Waals surface area contributed by atoms with E-state index in [0.717, 1.165) is 0 Å². The van der Waals surface area contributed by atoms with Crippen LogP contribution in [0, 0.1) is 0 Å². The maximum absolute atomic E-state index is 13.5. The van der Waals surface area contributed by atoms with E-state index in [1.54, 1.807) is 0 Å². The number of rotatable bonds is 9. The number of halogens is 20. The largest absolute Gasteiger partial charge is 0.460 e. The van der Waals surface area contributed by atoms with Crippen LogP contribution in [-0.4, -0.2) is 60.9 Å². The van der Waals surface area contributed by atoms with Crippen molar-refractivity contribution in [1.29, 1.82) is 0 Å². The van der Waals surface area contributed by atoms with Crippen LogP contribution in [0.25, 0.3) is 0 Å². The standard InChI is InChI=1S/C12H8ClF19Si/c1-33(2,13)3-4(14,15)5(16,17)6(18,19)7(20,21)8(22,23)9(24,25)10(26,27)11(28,29)12(30,31)32/h3H2,1-2H3. The lowest BCUT2D eigenvalue weighted by Gasteiger charge is -2.44. The highest BCUT2D eigenvalue weighted by Crippen LogP contribution is 2.65. The van der Waals surface area contributed by atoms with Crippen LogP contribution >= 0.6 is 11.1 Å². The lowest BCUT2D eigenvalue weighted by molar-refractivity contribution is -0.468. The van der Waals surface area contributed by atoms with E-state index in [9.17, 15) is 83.4 Å². The first-order valence-electron chi connectivity index (χ1n) is 7.49. The van der Waals surface area contributed by atoms with E-state index < -0.39 is 67.0 Å². The van der Waals surface area contributed by atoms with Gasteiger partial charge in [-0.3, -0.25) is 0 Å². The highest BCUT2D eigenvalue weighted by molar-refractivity contribution is 7.19. The fourth-order valence-corrected chi connectivity index (χ4v) is 3.81. The van der Waals surface area contributed by atoms with E-state index in [0.29, 0.717) is 13.1 Å². The molecule has 0 amide bonds. The summed E-state index contributed by atoms with van der Waals surface area (Å²) in [6, 6.07) is -2.62. The summed E-state index contributed by atoms with van der Waals surface area (Å²) in [5, 5.41) is 0. The molecule has 0 aromatic heterocycles. The lowest BCUT2D eigenvalue weighted by atomic mass is 9.87. The Morgan fingerprint density at radius 1 is 0.424 bits per heavy atom. The van der Waals surface area contributed by atoms with Crippen molar-refractivity contribution < 1.29 is 83.4 Å². The molecule has 0 aliphatic carbocycles. The molecule has 0 spiro atoms. The highest BCUT2D eigenvalue weighted by atomic mass is 35.6. The van der Waals surface area contributed by atoms with Crippen molar-refractivity contribution in [3.63, 3.8) is 0 Å². The molecule has 0 bridgehead atoms. The average Bonchev–Trinajstić information content (AvgIpc) is 2.49. The molecule has 0 aromatic rings. The van der Waals surface area contributed by atoms with Crippen molar-refractivity contribution in [1.82, 2.24) is 0 Å². The first kappa shape index (κ1) is 32.2. The van der Waals surface area contributed by atoms with Gasteiger partial charge in [-0.1, -0.05) is 13.1 Å². The maximum Gasteiger partial charge on any atom is 0.460 e. The molecule has 0 rings (SSSR count). The number of hydrogen-bond donors (Lipinski definition) is 0. The molecule has 0 heterocycles. The predicted molar refractivity (Wildman–Crippen MR) is 73.8 cm³/mol. The van der Waals surface area contributed by atoms with Crippen LogP contribution in [-0.2, 0) is 0 Å². The third kappa shape index (κ3) is 4.46. The lowest BCUT2D eigenvalue weighted by Crippen LogP contribution is -2.75. The van der Waals surface area contributed by atoms with Gasteiger partial charge in [0.25, 0.3) is 0 Å². The quantitative estimate of drug-likeness (QED) is 0.148. The van der Waals surface area contributed by atoms with Gasteiger partial charge in [-0.15, -0.1) is 0 Å². The van der Waals surface area contributed by atoms with Gasteiger partial charge in [-0.2, -0.15) is 94.5 Å². The zero-order chi connectivity index (χ0) is 27.7.